The number of allylic oxidation sites excluding steroid dienone is 3. The van der Waals surface area contributed by atoms with Crippen LogP contribution in [0.15, 0.2) is 36.3 Å². The van der Waals surface area contributed by atoms with Gasteiger partial charge in [0.15, 0.2) is 0 Å². The molecular weight excluding hydrogens is 442 g/mol. The van der Waals surface area contributed by atoms with E-state index in [2.05, 4.69) is 22.2 Å². The van der Waals surface area contributed by atoms with Crippen molar-refractivity contribution in [1.29, 1.82) is 0 Å². The smallest absolute Gasteiger partial charge is 0.313 e. The van der Waals surface area contributed by atoms with Crippen molar-refractivity contribution in [2.45, 2.75) is 66.9 Å². The molecule has 2 rings (SSSR count). The maximum Gasteiger partial charge on any atom is 0.313 e. The third kappa shape index (κ3) is 10.9. The Balaban J connectivity index is 0.000000379. The number of likely N-dealkylation sites (N-methyl/N-ethyl adjacent to an activating group) is 1. The molecule has 35 heavy (non-hydrogen) atoms. The average Bonchev–Trinajstić information content (AvgIpc) is 2.84. The number of carbonyl (C=O) groups excluding carboxylic acids is 2. The van der Waals surface area contributed by atoms with Crippen LogP contribution < -0.4 is 11.1 Å². The largest absolute Gasteiger partial charge is 0.491 e. The number of nitrogens with zero attached hydrogens (tertiary/aromatic N) is 3. The number of aryl methyl sites for hydroxylation is 1. The number of hydrogen-bond acceptors (Lipinski definition) is 6. The monoisotopic (exact) mass is 487 g/mol. The summed E-state index contributed by atoms with van der Waals surface area (Å²) in [5, 5.41) is 2.58. The lowest BCUT2D eigenvalue weighted by Crippen LogP contribution is -2.41. The number of aromatic nitrogens is 1. The lowest BCUT2D eigenvalue weighted by atomic mass is 10.1. The summed E-state index contributed by atoms with van der Waals surface area (Å²) < 4.78 is 5.88. The number of piperidine rings is 1. The Kier molecular flexibility index (Phi) is 13.7. The Hall–Kier alpha value is -2.87. The van der Waals surface area contributed by atoms with Gasteiger partial charge in [-0.15, -0.1) is 0 Å². The summed E-state index contributed by atoms with van der Waals surface area (Å²) in [6.45, 7) is 15.2. The number of nitrogen functional groups attached to an aromatic ring is 1. The second kappa shape index (κ2) is 15.9. The van der Waals surface area contributed by atoms with Crippen LogP contribution in [-0.4, -0.2) is 65.9 Å². The Morgan fingerprint density at radius 3 is 2.46 bits per heavy atom. The Labute approximate surface area is 211 Å². The van der Waals surface area contributed by atoms with Crippen LogP contribution >= 0.6 is 0 Å². The van der Waals surface area contributed by atoms with Gasteiger partial charge in [-0.2, -0.15) is 0 Å². The number of pyridine rings is 1. The Morgan fingerprint density at radius 1 is 1.29 bits per heavy atom. The van der Waals surface area contributed by atoms with Gasteiger partial charge in [-0.3, -0.25) is 9.59 Å². The van der Waals surface area contributed by atoms with Gasteiger partial charge in [0.25, 0.3) is 0 Å². The zero-order chi connectivity index (χ0) is 26.4. The first kappa shape index (κ1) is 30.2. The highest BCUT2D eigenvalue weighted by atomic mass is 16.5. The summed E-state index contributed by atoms with van der Waals surface area (Å²) in [6, 6.07) is 1.74. The highest BCUT2D eigenvalue weighted by molar-refractivity contribution is 6.39. The number of rotatable bonds is 8. The molecule has 0 radical (unpaired) electrons. The Bertz CT molecular complexity index is 858. The molecule has 8 nitrogen and oxygen atoms in total. The van der Waals surface area contributed by atoms with Gasteiger partial charge < -0.3 is 25.6 Å². The third-order valence-corrected chi connectivity index (χ3v) is 5.67. The van der Waals surface area contributed by atoms with Gasteiger partial charge in [0.2, 0.25) is 0 Å². The van der Waals surface area contributed by atoms with Gasteiger partial charge in [-0.25, -0.2) is 4.98 Å². The van der Waals surface area contributed by atoms with Crippen molar-refractivity contribution in [3.63, 3.8) is 0 Å². The van der Waals surface area contributed by atoms with Gasteiger partial charge in [-0.1, -0.05) is 26.8 Å². The van der Waals surface area contributed by atoms with E-state index in [1.807, 2.05) is 59.8 Å². The summed E-state index contributed by atoms with van der Waals surface area (Å²) in [7, 11) is 2.17. The summed E-state index contributed by atoms with van der Waals surface area (Å²) in [5.41, 5.74) is 7.04. The van der Waals surface area contributed by atoms with E-state index in [-0.39, 0.29) is 0 Å². The predicted molar refractivity (Wildman–Crippen MR) is 144 cm³/mol. The minimum Gasteiger partial charge on any atom is -0.491 e. The maximum absolute atomic E-state index is 12.1. The van der Waals surface area contributed by atoms with Gasteiger partial charge in [0.1, 0.15) is 17.7 Å². The van der Waals surface area contributed by atoms with Gasteiger partial charge in [-0.05, 0) is 76.8 Å². The van der Waals surface area contributed by atoms with E-state index in [4.69, 9.17) is 10.5 Å². The van der Waals surface area contributed by atoms with Gasteiger partial charge in [0.05, 0.1) is 11.9 Å². The van der Waals surface area contributed by atoms with Crippen LogP contribution in [0.25, 0.3) is 0 Å². The number of carbonyl (C=O) groups is 2. The quantitative estimate of drug-likeness (QED) is 0.323. The van der Waals surface area contributed by atoms with Crippen molar-refractivity contribution >= 4 is 23.3 Å². The number of amides is 2. The lowest BCUT2D eigenvalue weighted by molar-refractivity contribution is -0.143. The SMILES string of the molecule is C/C=C\C(=C/C)OC1CCN(C)CC1.CCc1cc(NC(=O)C(=O)N(CC)CC(C)C)cnc1N. The number of ether oxygens (including phenoxy) is 1. The van der Waals surface area contributed by atoms with E-state index in [9.17, 15) is 9.59 Å². The topological polar surface area (TPSA) is 101 Å². The first-order valence-electron chi connectivity index (χ1n) is 12.6. The number of nitrogens with one attached hydrogen (secondary N) is 1. The molecule has 1 saturated heterocycles. The second-order valence-electron chi connectivity index (χ2n) is 9.13. The zero-order valence-corrected chi connectivity index (χ0v) is 22.6. The van der Waals surface area contributed by atoms with E-state index in [0.29, 0.717) is 43.0 Å². The Morgan fingerprint density at radius 2 is 1.94 bits per heavy atom. The lowest BCUT2D eigenvalue weighted by Gasteiger charge is -2.29. The first-order chi connectivity index (χ1) is 16.6. The number of anilines is 2. The molecule has 0 atom stereocenters. The van der Waals surface area contributed by atoms with E-state index >= 15 is 0 Å². The van der Waals surface area contributed by atoms with E-state index in [1.54, 1.807) is 6.07 Å². The molecule has 3 N–H and O–H groups in total. The van der Waals surface area contributed by atoms with Crippen LogP contribution in [0.3, 0.4) is 0 Å². The van der Waals surface area contributed by atoms with Crippen LogP contribution in [0.1, 0.15) is 59.9 Å². The zero-order valence-electron chi connectivity index (χ0n) is 22.6. The highest BCUT2D eigenvalue weighted by Gasteiger charge is 2.21. The van der Waals surface area contributed by atoms with Crippen molar-refractivity contribution in [2.24, 2.45) is 5.92 Å². The van der Waals surface area contributed by atoms with Gasteiger partial charge >= 0.3 is 11.8 Å². The highest BCUT2D eigenvalue weighted by Crippen LogP contribution is 2.17. The van der Waals surface area contributed by atoms with Crippen LogP contribution in [0.4, 0.5) is 11.5 Å². The molecule has 196 valence electrons. The minimum absolute atomic E-state index is 0.312. The summed E-state index contributed by atoms with van der Waals surface area (Å²) in [4.78, 5) is 32.0. The predicted octanol–water partition coefficient (Wildman–Crippen LogP) is 4.25. The molecule has 0 saturated carbocycles. The number of likely N-dealkylation sites (tertiary alicyclic amines) is 1. The molecule has 2 heterocycles. The molecular formula is C27H45N5O3. The molecule has 0 spiro atoms. The van der Waals surface area contributed by atoms with Gasteiger partial charge in [0, 0.05) is 26.2 Å². The molecule has 1 aliphatic heterocycles. The standard InChI is InChI=1S/C15H24N4O2.C12H21NO/c1-5-11-7-12(8-17-13(11)16)18-14(20)15(21)19(6-2)9-10(3)4;1-4-6-11(5-2)14-12-7-9-13(3)10-8-12/h7-8,10H,5-6,9H2,1-4H3,(H2,16,17)(H,18,20);4-6,12H,7-10H2,1-3H3/b;6-4-,11-5+. The van der Waals surface area contributed by atoms with Crippen molar-refractivity contribution in [3.8, 4) is 0 Å². The molecule has 0 unspecified atom stereocenters. The van der Waals surface area contributed by atoms with E-state index in [1.165, 1.54) is 11.1 Å². The molecule has 1 fully saturated rings. The van der Waals surface area contributed by atoms with E-state index < -0.39 is 11.8 Å². The summed E-state index contributed by atoms with van der Waals surface area (Å²) in [5.74, 6) is 0.581. The fourth-order valence-electron chi connectivity index (χ4n) is 3.66. The fourth-order valence-corrected chi connectivity index (χ4v) is 3.66. The number of nitrogens with two attached hydrogens (primary N) is 1. The van der Waals surface area contributed by atoms with Crippen LogP contribution in [0, 0.1) is 5.92 Å². The molecule has 1 aromatic rings. The molecule has 1 aromatic heterocycles. The maximum atomic E-state index is 12.1. The van der Waals surface area contributed by atoms with Crippen molar-refractivity contribution in [2.75, 3.05) is 44.3 Å². The molecule has 2 amide bonds. The third-order valence-electron chi connectivity index (χ3n) is 5.67. The van der Waals surface area contributed by atoms with Crippen LogP contribution in [0.2, 0.25) is 0 Å². The second-order valence-corrected chi connectivity index (χ2v) is 9.13. The van der Waals surface area contributed by atoms with Crippen molar-refractivity contribution in [1.82, 2.24) is 14.8 Å². The molecule has 1 aliphatic rings. The molecule has 0 bridgehead atoms. The van der Waals surface area contributed by atoms with E-state index in [0.717, 1.165) is 37.3 Å². The minimum atomic E-state index is -0.647. The molecule has 0 aromatic carbocycles. The molecule has 0 aliphatic carbocycles. The van der Waals surface area contributed by atoms with Crippen LogP contribution in [-0.2, 0) is 20.7 Å². The number of hydrogen-bond donors (Lipinski definition) is 2. The first-order valence-corrected chi connectivity index (χ1v) is 12.6. The average molecular weight is 488 g/mol. The summed E-state index contributed by atoms with van der Waals surface area (Å²) >= 11 is 0. The van der Waals surface area contributed by atoms with Crippen molar-refractivity contribution < 1.29 is 14.3 Å². The van der Waals surface area contributed by atoms with Crippen LogP contribution in [0.5, 0.6) is 0 Å². The summed E-state index contributed by atoms with van der Waals surface area (Å²) in [6.07, 6.45) is 10.9. The fraction of sp³-hybridized carbons (Fsp3) is 0.593. The normalized spacial score (nSPS) is 15.0. The van der Waals surface area contributed by atoms with Crippen molar-refractivity contribution in [3.05, 3.63) is 41.8 Å². The molecule has 8 heteroatoms.